The number of nitrogens with two attached hydrogens (primary N) is 1. The van der Waals surface area contributed by atoms with Crippen LogP contribution in [0.5, 0.6) is 11.5 Å². The Morgan fingerprint density at radius 2 is 2.17 bits per heavy atom. The maximum atomic E-state index is 5.82. The van der Waals surface area contributed by atoms with Gasteiger partial charge in [0.2, 0.25) is 6.79 Å². The highest BCUT2D eigenvalue weighted by molar-refractivity contribution is 5.78. The maximum absolute atomic E-state index is 5.82. The predicted octanol–water partition coefficient (Wildman–Crippen LogP) is 1.62. The van der Waals surface area contributed by atoms with Gasteiger partial charge in [0, 0.05) is 11.1 Å². The molecule has 1 aliphatic rings. The third kappa shape index (κ3) is 3.06. The summed E-state index contributed by atoms with van der Waals surface area (Å²) < 4.78 is 10.7. The van der Waals surface area contributed by atoms with Crippen LogP contribution in [-0.4, -0.2) is 18.3 Å². The van der Waals surface area contributed by atoms with E-state index in [1.807, 2.05) is 39.0 Å². The second kappa shape index (κ2) is 4.76. The van der Waals surface area contributed by atoms with Gasteiger partial charge in [-0.15, -0.1) is 0 Å². The number of hydrogen-bond donors (Lipinski definition) is 2. The van der Waals surface area contributed by atoms with Crippen LogP contribution in [0.4, 0.5) is 0 Å². The molecule has 0 atom stereocenters. The summed E-state index contributed by atoms with van der Waals surface area (Å²) in [5.74, 6) is 1.97. The molecule has 1 aromatic rings. The molecule has 2 rings (SSSR count). The van der Waals surface area contributed by atoms with E-state index in [1.165, 1.54) is 0 Å². The minimum Gasteiger partial charge on any atom is -0.454 e. The number of ether oxygens (including phenoxy) is 2. The average Bonchev–Trinajstić information content (AvgIpc) is 2.72. The minimum absolute atomic E-state index is 0.0914. The Bertz CT molecular complexity index is 464. The minimum atomic E-state index is -0.0914. The van der Waals surface area contributed by atoms with Gasteiger partial charge in [0.05, 0.1) is 6.54 Å². The predicted molar refractivity (Wildman–Crippen MR) is 70.8 cm³/mol. The van der Waals surface area contributed by atoms with E-state index in [9.17, 15) is 0 Å². The first-order valence-electron chi connectivity index (χ1n) is 5.91. The Labute approximate surface area is 107 Å². The molecule has 98 valence electrons. The van der Waals surface area contributed by atoms with Gasteiger partial charge in [-0.2, -0.15) is 0 Å². The van der Waals surface area contributed by atoms with Crippen LogP contribution >= 0.6 is 0 Å². The third-order valence-electron chi connectivity index (χ3n) is 2.40. The molecule has 0 radical (unpaired) electrons. The molecule has 0 aliphatic carbocycles. The number of guanidine groups is 1. The van der Waals surface area contributed by atoms with Crippen molar-refractivity contribution in [2.75, 3.05) is 6.79 Å². The van der Waals surface area contributed by atoms with Crippen LogP contribution in [0.15, 0.2) is 23.2 Å². The molecular formula is C13H19N3O2. The molecule has 3 N–H and O–H groups in total. The SMILES string of the molecule is CC(C)(C)NC(N)=NCc1cccc2c1OCO2. The lowest BCUT2D eigenvalue weighted by Crippen LogP contribution is -2.44. The normalized spacial score (nSPS) is 14.7. The highest BCUT2D eigenvalue weighted by atomic mass is 16.7. The summed E-state index contributed by atoms with van der Waals surface area (Å²) in [6.45, 7) is 6.85. The fourth-order valence-electron chi connectivity index (χ4n) is 1.71. The highest BCUT2D eigenvalue weighted by Gasteiger charge is 2.17. The summed E-state index contributed by atoms with van der Waals surface area (Å²) in [5.41, 5.74) is 6.70. The third-order valence-corrected chi connectivity index (χ3v) is 2.40. The van der Waals surface area contributed by atoms with Crippen LogP contribution in [0.1, 0.15) is 26.3 Å². The second-order valence-electron chi connectivity index (χ2n) is 5.23. The van der Waals surface area contributed by atoms with Crippen molar-refractivity contribution in [3.8, 4) is 11.5 Å². The summed E-state index contributed by atoms with van der Waals surface area (Å²) in [6.07, 6.45) is 0. The Morgan fingerprint density at radius 3 is 2.89 bits per heavy atom. The molecule has 0 fully saturated rings. The van der Waals surface area contributed by atoms with Crippen molar-refractivity contribution in [3.63, 3.8) is 0 Å². The van der Waals surface area contributed by atoms with Crippen molar-refractivity contribution in [2.45, 2.75) is 32.9 Å². The van der Waals surface area contributed by atoms with E-state index in [0.717, 1.165) is 17.1 Å². The zero-order valence-electron chi connectivity index (χ0n) is 11.0. The van der Waals surface area contributed by atoms with E-state index in [-0.39, 0.29) is 12.3 Å². The highest BCUT2D eigenvalue weighted by Crippen LogP contribution is 2.35. The number of benzene rings is 1. The molecule has 0 spiro atoms. The number of nitrogens with zero attached hydrogens (tertiary/aromatic N) is 1. The molecule has 18 heavy (non-hydrogen) atoms. The molecule has 1 aliphatic heterocycles. The Hall–Kier alpha value is -1.91. The smallest absolute Gasteiger partial charge is 0.231 e. The molecule has 1 aromatic carbocycles. The van der Waals surface area contributed by atoms with Crippen molar-refractivity contribution < 1.29 is 9.47 Å². The summed E-state index contributed by atoms with van der Waals surface area (Å²) in [4.78, 5) is 4.31. The Kier molecular flexibility index (Phi) is 3.32. The lowest BCUT2D eigenvalue weighted by Gasteiger charge is -2.21. The topological polar surface area (TPSA) is 68.9 Å². The summed E-state index contributed by atoms with van der Waals surface area (Å²) in [6, 6.07) is 5.76. The summed E-state index contributed by atoms with van der Waals surface area (Å²) >= 11 is 0. The summed E-state index contributed by atoms with van der Waals surface area (Å²) in [7, 11) is 0. The van der Waals surface area contributed by atoms with E-state index >= 15 is 0 Å². The van der Waals surface area contributed by atoms with Gasteiger partial charge < -0.3 is 20.5 Å². The second-order valence-corrected chi connectivity index (χ2v) is 5.23. The Morgan fingerprint density at radius 1 is 1.39 bits per heavy atom. The first-order chi connectivity index (χ1) is 8.46. The van der Waals surface area contributed by atoms with E-state index < -0.39 is 0 Å². The molecule has 0 saturated heterocycles. The zero-order chi connectivity index (χ0) is 13.2. The number of aliphatic imine (C=N–C) groups is 1. The largest absolute Gasteiger partial charge is 0.454 e. The van der Waals surface area contributed by atoms with Gasteiger partial charge in [0.15, 0.2) is 17.5 Å². The first kappa shape index (κ1) is 12.5. The van der Waals surface area contributed by atoms with Gasteiger partial charge in [0.25, 0.3) is 0 Å². The Balaban J connectivity index is 2.07. The van der Waals surface area contributed by atoms with Gasteiger partial charge in [-0.25, -0.2) is 4.99 Å². The van der Waals surface area contributed by atoms with Gasteiger partial charge in [-0.1, -0.05) is 12.1 Å². The molecule has 0 unspecified atom stereocenters. The average molecular weight is 249 g/mol. The van der Waals surface area contributed by atoms with Crippen LogP contribution in [0.3, 0.4) is 0 Å². The van der Waals surface area contributed by atoms with Crippen molar-refractivity contribution in [3.05, 3.63) is 23.8 Å². The van der Waals surface area contributed by atoms with E-state index in [4.69, 9.17) is 15.2 Å². The quantitative estimate of drug-likeness (QED) is 0.617. The lowest BCUT2D eigenvalue weighted by molar-refractivity contribution is 0.173. The summed E-state index contributed by atoms with van der Waals surface area (Å²) in [5, 5.41) is 3.11. The maximum Gasteiger partial charge on any atom is 0.231 e. The van der Waals surface area contributed by atoms with Crippen molar-refractivity contribution in [1.29, 1.82) is 0 Å². The van der Waals surface area contributed by atoms with E-state index in [0.29, 0.717) is 12.5 Å². The monoisotopic (exact) mass is 249 g/mol. The number of rotatable bonds is 2. The molecule has 5 heteroatoms. The molecule has 0 amide bonds. The fraction of sp³-hybridized carbons (Fsp3) is 0.462. The number of fused-ring (bicyclic) bond motifs is 1. The standard InChI is InChI=1S/C13H19N3O2/c1-13(2,3)16-12(14)15-7-9-5-4-6-10-11(9)18-8-17-10/h4-6H,7-8H2,1-3H3,(H3,14,15,16). The molecular weight excluding hydrogens is 230 g/mol. The van der Waals surface area contributed by atoms with Crippen molar-refractivity contribution >= 4 is 5.96 Å². The van der Waals surface area contributed by atoms with Crippen LogP contribution in [0, 0.1) is 0 Å². The fourth-order valence-corrected chi connectivity index (χ4v) is 1.71. The van der Waals surface area contributed by atoms with E-state index in [1.54, 1.807) is 0 Å². The van der Waals surface area contributed by atoms with Crippen molar-refractivity contribution in [1.82, 2.24) is 5.32 Å². The lowest BCUT2D eigenvalue weighted by atomic mass is 10.1. The van der Waals surface area contributed by atoms with Crippen LogP contribution in [0.25, 0.3) is 0 Å². The van der Waals surface area contributed by atoms with Gasteiger partial charge in [-0.3, -0.25) is 0 Å². The van der Waals surface area contributed by atoms with E-state index in [2.05, 4.69) is 10.3 Å². The zero-order valence-corrected chi connectivity index (χ0v) is 11.0. The van der Waals surface area contributed by atoms with Gasteiger partial charge in [-0.05, 0) is 26.8 Å². The molecule has 0 saturated carbocycles. The number of para-hydroxylation sites is 1. The molecule has 0 bridgehead atoms. The van der Waals surface area contributed by atoms with Crippen LogP contribution in [-0.2, 0) is 6.54 Å². The van der Waals surface area contributed by atoms with Gasteiger partial charge >= 0.3 is 0 Å². The molecule has 5 nitrogen and oxygen atoms in total. The first-order valence-corrected chi connectivity index (χ1v) is 5.91. The number of nitrogens with one attached hydrogen (secondary N) is 1. The van der Waals surface area contributed by atoms with Crippen LogP contribution in [0.2, 0.25) is 0 Å². The molecule has 1 heterocycles. The number of hydrogen-bond acceptors (Lipinski definition) is 3. The molecule has 0 aromatic heterocycles. The van der Waals surface area contributed by atoms with Crippen LogP contribution < -0.4 is 20.5 Å². The van der Waals surface area contributed by atoms with Crippen molar-refractivity contribution in [2.24, 2.45) is 10.7 Å². The van der Waals surface area contributed by atoms with Gasteiger partial charge in [0.1, 0.15) is 0 Å².